The van der Waals surface area contributed by atoms with Gasteiger partial charge in [0.15, 0.2) is 0 Å². The highest BCUT2D eigenvalue weighted by Gasteiger charge is 2.22. The Bertz CT molecular complexity index is 635. The second kappa shape index (κ2) is 4.69. The second-order valence-corrected chi connectivity index (χ2v) is 5.16. The molecule has 96 valence electrons. The Hall–Kier alpha value is -2.02. The molecule has 1 aromatic carbocycles. The molecule has 0 bridgehead atoms. The van der Waals surface area contributed by atoms with Gasteiger partial charge in [0.1, 0.15) is 16.4 Å². The highest BCUT2D eigenvalue weighted by Crippen LogP contribution is 2.29. The molecule has 18 heavy (non-hydrogen) atoms. The van der Waals surface area contributed by atoms with E-state index in [9.17, 15) is 8.42 Å². The number of ether oxygens (including phenoxy) is 2. The van der Waals surface area contributed by atoms with Crippen molar-refractivity contribution in [3.63, 3.8) is 0 Å². The van der Waals surface area contributed by atoms with Crippen LogP contribution in [0.15, 0.2) is 41.6 Å². The number of hydrogen-bond acceptors (Lipinski definition) is 5. The molecule has 2 rings (SSSR count). The minimum atomic E-state index is -3.74. The summed E-state index contributed by atoms with van der Waals surface area (Å²) in [6.07, 6.45) is 2.76. The van der Waals surface area contributed by atoms with Crippen molar-refractivity contribution in [3.8, 4) is 11.5 Å². The summed E-state index contributed by atoms with van der Waals surface area (Å²) in [6, 6.07) is 6.03. The molecule has 0 saturated carbocycles. The molecule has 6 nitrogen and oxygen atoms in total. The topological polar surface area (TPSA) is 70.4 Å². The number of aromatic nitrogens is 2. The molecule has 0 spiro atoms. The molecule has 1 aromatic heterocycles. The SMILES string of the molecule is COc1ccc(S(=O)(=O)n2cccn2)c(OC)c1. The highest BCUT2D eigenvalue weighted by atomic mass is 32.2. The standard InChI is InChI=1S/C11H12N2O4S/c1-16-9-4-5-11(10(8-9)17-2)18(14,15)13-7-3-6-12-13/h3-8H,1-2H3. The molecule has 0 unspecified atom stereocenters. The van der Waals surface area contributed by atoms with Gasteiger partial charge in [0.2, 0.25) is 0 Å². The van der Waals surface area contributed by atoms with Crippen molar-refractivity contribution < 1.29 is 17.9 Å². The summed E-state index contributed by atoms with van der Waals surface area (Å²) < 4.78 is 35.5. The summed E-state index contributed by atoms with van der Waals surface area (Å²) in [4.78, 5) is 0.0366. The lowest BCUT2D eigenvalue weighted by Crippen LogP contribution is -2.14. The van der Waals surface area contributed by atoms with Gasteiger partial charge in [0.05, 0.1) is 20.4 Å². The first-order chi connectivity index (χ1) is 8.59. The Morgan fingerprint density at radius 2 is 2.00 bits per heavy atom. The maximum atomic E-state index is 12.3. The Kier molecular flexibility index (Phi) is 3.24. The fourth-order valence-corrected chi connectivity index (χ4v) is 2.73. The molecule has 0 N–H and O–H groups in total. The first-order valence-corrected chi connectivity index (χ1v) is 6.51. The number of nitrogens with zero attached hydrogens (tertiary/aromatic N) is 2. The van der Waals surface area contributed by atoms with Crippen LogP contribution < -0.4 is 9.47 Å². The summed E-state index contributed by atoms with van der Waals surface area (Å²) in [5.74, 6) is 0.733. The maximum Gasteiger partial charge on any atom is 0.286 e. The van der Waals surface area contributed by atoms with E-state index in [1.165, 1.54) is 44.8 Å². The van der Waals surface area contributed by atoms with E-state index in [-0.39, 0.29) is 10.6 Å². The van der Waals surface area contributed by atoms with Crippen LogP contribution in [0.1, 0.15) is 0 Å². The van der Waals surface area contributed by atoms with Crippen molar-refractivity contribution in [3.05, 3.63) is 36.7 Å². The Labute approximate surface area is 105 Å². The molecular weight excluding hydrogens is 256 g/mol. The van der Waals surface area contributed by atoms with E-state index >= 15 is 0 Å². The van der Waals surface area contributed by atoms with Crippen molar-refractivity contribution in [2.75, 3.05) is 14.2 Å². The van der Waals surface area contributed by atoms with E-state index in [0.717, 1.165) is 4.09 Å². The van der Waals surface area contributed by atoms with Gasteiger partial charge in [-0.05, 0) is 18.2 Å². The number of hydrogen-bond donors (Lipinski definition) is 0. The van der Waals surface area contributed by atoms with Gasteiger partial charge in [-0.25, -0.2) is 0 Å². The van der Waals surface area contributed by atoms with E-state index in [2.05, 4.69) is 5.10 Å². The molecular formula is C11H12N2O4S. The lowest BCUT2D eigenvalue weighted by atomic mass is 10.3. The highest BCUT2D eigenvalue weighted by molar-refractivity contribution is 7.90. The van der Waals surface area contributed by atoms with Crippen LogP contribution in [0, 0.1) is 0 Å². The van der Waals surface area contributed by atoms with Gasteiger partial charge in [-0.2, -0.15) is 17.6 Å². The predicted molar refractivity (Wildman–Crippen MR) is 64.4 cm³/mol. The predicted octanol–water partition coefficient (Wildman–Crippen LogP) is 1.14. The molecule has 0 radical (unpaired) electrons. The summed E-state index contributed by atoms with van der Waals surface area (Å²) >= 11 is 0. The van der Waals surface area contributed by atoms with Crippen molar-refractivity contribution in [2.24, 2.45) is 0 Å². The van der Waals surface area contributed by atoms with Gasteiger partial charge in [-0.3, -0.25) is 0 Å². The van der Waals surface area contributed by atoms with Crippen LogP contribution in [0.2, 0.25) is 0 Å². The van der Waals surface area contributed by atoms with Gasteiger partial charge in [-0.1, -0.05) is 0 Å². The largest absolute Gasteiger partial charge is 0.497 e. The fraction of sp³-hybridized carbons (Fsp3) is 0.182. The molecule has 0 atom stereocenters. The lowest BCUT2D eigenvalue weighted by Gasteiger charge is -2.10. The molecule has 7 heteroatoms. The average molecular weight is 268 g/mol. The van der Waals surface area contributed by atoms with Crippen molar-refractivity contribution >= 4 is 10.0 Å². The third-order valence-electron chi connectivity index (χ3n) is 2.38. The summed E-state index contributed by atoms with van der Waals surface area (Å²) in [5.41, 5.74) is 0. The van der Waals surface area contributed by atoms with Crippen molar-refractivity contribution in [1.29, 1.82) is 0 Å². The van der Waals surface area contributed by atoms with Gasteiger partial charge in [0.25, 0.3) is 10.0 Å². The molecule has 0 fully saturated rings. The zero-order valence-electron chi connectivity index (χ0n) is 9.90. The van der Waals surface area contributed by atoms with Gasteiger partial charge in [0, 0.05) is 12.3 Å². The molecule has 1 heterocycles. The van der Waals surface area contributed by atoms with Gasteiger partial charge in [-0.15, -0.1) is 0 Å². The number of benzene rings is 1. The Morgan fingerprint density at radius 1 is 1.22 bits per heavy atom. The van der Waals surface area contributed by atoms with Crippen LogP contribution in [-0.4, -0.2) is 31.8 Å². The quantitative estimate of drug-likeness (QED) is 0.831. The molecule has 0 saturated heterocycles. The van der Waals surface area contributed by atoms with E-state index in [1.54, 1.807) is 6.07 Å². The van der Waals surface area contributed by atoms with Crippen LogP contribution in [0.5, 0.6) is 11.5 Å². The average Bonchev–Trinajstić information content (AvgIpc) is 2.92. The zero-order valence-corrected chi connectivity index (χ0v) is 10.7. The molecule has 0 aliphatic heterocycles. The van der Waals surface area contributed by atoms with Crippen LogP contribution in [0.25, 0.3) is 0 Å². The smallest absolute Gasteiger partial charge is 0.286 e. The molecule has 0 amide bonds. The van der Waals surface area contributed by atoms with E-state index < -0.39 is 10.0 Å². The number of methoxy groups -OCH3 is 2. The van der Waals surface area contributed by atoms with Crippen molar-refractivity contribution in [1.82, 2.24) is 9.19 Å². The lowest BCUT2D eigenvalue weighted by molar-refractivity contribution is 0.386. The van der Waals surface area contributed by atoms with Crippen molar-refractivity contribution in [2.45, 2.75) is 4.90 Å². The summed E-state index contributed by atoms with van der Waals surface area (Å²) in [5, 5.41) is 3.72. The fourth-order valence-electron chi connectivity index (χ4n) is 1.49. The zero-order chi connectivity index (χ0) is 13.2. The molecule has 0 aliphatic rings. The van der Waals surface area contributed by atoms with Gasteiger partial charge < -0.3 is 9.47 Å². The van der Waals surface area contributed by atoms with E-state index in [1.807, 2.05) is 0 Å². The first kappa shape index (κ1) is 12.4. The molecule has 0 aliphatic carbocycles. The van der Waals surface area contributed by atoms with E-state index in [0.29, 0.717) is 5.75 Å². The Morgan fingerprint density at radius 3 is 2.56 bits per heavy atom. The third kappa shape index (κ3) is 2.04. The normalized spacial score (nSPS) is 11.2. The minimum absolute atomic E-state index is 0.0366. The second-order valence-electron chi connectivity index (χ2n) is 3.40. The van der Waals surface area contributed by atoms with E-state index in [4.69, 9.17) is 9.47 Å². The van der Waals surface area contributed by atoms with Crippen LogP contribution >= 0.6 is 0 Å². The minimum Gasteiger partial charge on any atom is -0.497 e. The third-order valence-corrected chi connectivity index (χ3v) is 3.98. The van der Waals surface area contributed by atoms with Crippen LogP contribution in [0.4, 0.5) is 0 Å². The van der Waals surface area contributed by atoms with Crippen LogP contribution in [-0.2, 0) is 10.0 Å². The first-order valence-electron chi connectivity index (χ1n) is 5.07. The maximum absolute atomic E-state index is 12.3. The monoisotopic (exact) mass is 268 g/mol. The Balaban J connectivity index is 2.58. The number of rotatable bonds is 4. The summed E-state index contributed by atoms with van der Waals surface area (Å²) in [7, 11) is -0.842. The van der Waals surface area contributed by atoms with Gasteiger partial charge >= 0.3 is 0 Å². The summed E-state index contributed by atoms with van der Waals surface area (Å²) in [6.45, 7) is 0. The molecule has 2 aromatic rings. The van der Waals surface area contributed by atoms with Crippen LogP contribution in [0.3, 0.4) is 0 Å².